The van der Waals surface area contributed by atoms with Gasteiger partial charge in [0.15, 0.2) is 5.82 Å². The van der Waals surface area contributed by atoms with Crippen LogP contribution in [-0.4, -0.2) is 23.2 Å². The van der Waals surface area contributed by atoms with Crippen molar-refractivity contribution in [3.63, 3.8) is 0 Å². The van der Waals surface area contributed by atoms with Gasteiger partial charge >= 0.3 is 0 Å². The van der Waals surface area contributed by atoms with E-state index in [1.54, 1.807) is 0 Å². The van der Waals surface area contributed by atoms with Crippen LogP contribution in [0.15, 0.2) is 4.52 Å². The van der Waals surface area contributed by atoms with Crippen LogP contribution >= 0.6 is 0 Å². The van der Waals surface area contributed by atoms with Crippen molar-refractivity contribution in [1.82, 2.24) is 15.5 Å². The van der Waals surface area contributed by atoms with Gasteiger partial charge in [0, 0.05) is 17.4 Å². The molecule has 1 heterocycles. The van der Waals surface area contributed by atoms with E-state index in [1.807, 2.05) is 7.05 Å². The van der Waals surface area contributed by atoms with E-state index in [9.17, 15) is 0 Å². The van der Waals surface area contributed by atoms with Crippen LogP contribution in [0.2, 0.25) is 0 Å². The third-order valence-corrected chi connectivity index (χ3v) is 3.30. The first-order valence-corrected chi connectivity index (χ1v) is 6.03. The van der Waals surface area contributed by atoms with Crippen molar-refractivity contribution in [1.29, 1.82) is 0 Å². The summed E-state index contributed by atoms with van der Waals surface area (Å²) >= 11 is 0. The van der Waals surface area contributed by atoms with E-state index in [2.05, 4.69) is 36.2 Å². The molecule has 16 heavy (non-hydrogen) atoms. The summed E-state index contributed by atoms with van der Waals surface area (Å²) in [6.45, 7) is 6.28. The second-order valence-corrected chi connectivity index (χ2v) is 5.64. The van der Waals surface area contributed by atoms with Gasteiger partial charge in [-0.15, -0.1) is 0 Å². The summed E-state index contributed by atoms with van der Waals surface area (Å²) in [4.78, 5) is 4.54. The van der Waals surface area contributed by atoms with E-state index in [-0.39, 0.29) is 5.41 Å². The molecule has 1 aliphatic rings. The molecule has 4 heteroatoms. The van der Waals surface area contributed by atoms with Crippen LogP contribution in [0.5, 0.6) is 0 Å². The van der Waals surface area contributed by atoms with Crippen molar-refractivity contribution in [2.75, 3.05) is 7.05 Å². The lowest BCUT2D eigenvalue weighted by atomic mass is 9.97. The number of hydrogen-bond donors (Lipinski definition) is 1. The van der Waals surface area contributed by atoms with E-state index in [4.69, 9.17) is 4.52 Å². The van der Waals surface area contributed by atoms with E-state index in [1.165, 1.54) is 12.8 Å². The molecule has 4 nitrogen and oxygen atoms in total. The molecule has 0 amide bonds. The lowest BCUT2D eigenvalue weighted by Gasteiger charge is -2.15. The van der Waals surface area contributed by atoms with Gasteiger partial charge in [-0.2, -0.15) is 4.98 Å². The monoisotopic (exact) mass is 223 g/mol. The highest BCUT2D eigenvalue weighted by molar-refractivity contribution is 5.07. The van der Waals surface area contributed by atoms with Crippen molar-refractivity contribution in [3.05, 3.63) is 11.7 Å². The molecule has 0 spiro atoms. The topological polar surface area (TPSA) is 51.0 Å². The Bertz CT molecular complexity index is 353. The highest BCUT2D eigenvalue weighted by Gasteiger charge is 2.32. The Hall–Kier alpha value is -0.900. The zero-order valence-electron chi connectivity index (χ0n) is 10.6. The molecule has 2 rings (SSSR count). The maximum atomic E-state index is 5.35. The zero-order valence-corrected chi connectivity index (χ0v) is 10.6. The number of likely N-dealkylation sites (N-methyl/N-ethyl adjacent to an activating group) is 1. The van der Waals surface area contributed by atoms with Crippen LogP contribution in [0, 0.1) is 0 Å². The van der Waals surface area contributed by atoms with E-state index < -0.39 is 0 Å². The Labute approximate surface area is 96.8 Å². The molecular weight excluding hydrogens is 202 g/mol. The minimum Gasteiger partial charge on any atom is -0.339 e. The van der Waals surface area contributed by atoms with Crippen LogP contribution in [0.4, 0.5) is 0 Å². The fourth-order valence-electron chi connectivity index (χ4n) is 2.30. The van der Waals surface area contributed by atoms with Crippen LogP contribution < -0.4 is 5.32 Å². The number of aromatic nitrogens is 2. The summed E-state index contributed by atoms with van der Waals surface area (Å²) in [7, 11) is 2.01. The fraction of sp³-hybridized carbons (Fsp3) is 0.833. The average Bonchev–Trinajstić information content (AvgIpc) is 2.84. The Morgan fingerprint density at radius 2 is 2.06 bits per heavy atom. The Balaban J connectivity index is 2.18. The quantitative estimate of drug-likeness (QED) is 0.835. The molecule has 1 N–H and O–H groups in total. The van der Waals surface area contributed by atoms with Crippen molar-refractivity contribution >= 4 is 0 Å². The summed E-state index contributed by atoms with van der Waals surface area (Å²) in [6, 6.07) is 0.505. The minimum atomic E-state index is -0.0566. The molecule has 0 radical (unpaired) electrons. The second-order valence-electron chi connectivity index (χ2n) is 5.64. The molecule has 0 unspecified atom stereocenters. The molecular formula is C12H21N3O. The molecule has 1 aromatic heterocycles. The number of hydrogen-bond acceptors (Lipinski definition) is 4. The first kappa shape index (κ1) is 11.6. The highest BCUT2D eigenvalue weighted by Crippen LogP contribution is 2.33. The van der Waals surface area contributed by atoms with Crippen molar-refractivity contribution in [2.45, 2.75) is 57.4 Å². The predicted octanol–water partition coefficient (Wildman–Crippen LogP) is 2.22. The SMILES string of the molecule is CN[C@H]1CCC[C@@H]1c1noc(C(C)(C)C)n1. The molecule has 1 fully saturated rings. The first-order chi connectivity index (χ1) is 7.52. The summed E-state index contributed by atoms with van der Waals surface area (Å²) in [6.07, 6.45) is 3.62. The van der Waals surface area contributed by atoms with Gasteiger partial charge in [0.2, 0.25) is 5.89 Å². The van der Waals surface area contributed by atoms with E-state index >= 15 is 0 Å². The number of nitrogens with one attached hydrogen (secondary N) is 1. The fourth-order valence-corrected chi connectivity index (χ4v) is 2.30. The lowest BCUT2D eigenvalue weighted by Crippen LogP contribution is -2.28. The minimum absolute atomic E-state index is 0.0566. The van der Waals surface area contributed by atoms with E-state index in [0.29, 0.717) is 12.0 Å². The lowest BCUT2D eigenvalue weighted by molar-refractivity contribution is 0.315. The van der Waals surface area contributed by atoms with Gasteiger partial charge in [-0.25, -0.2) is 0 Å². The largest absolute Gasteiger partial charge is 0.339 e. The molecule has 0 saturated heterocycles. The van der Waals surface area contributed by atoms with Gasteiger partial charge in [0.05, 0.1) is 0 Å². The Morgan fingerprint density at radius 3 is 2.62 bits per heavy atom. The highest BCUT2D eigenvalue weighted by atomic mass is 16.5. The van der Waals surface area contributed by atoms with Gasteiger partial charge in [0.1, 0.15) is 0 Å². The third-order valence-electron chi connectivity index (χ3n) is 3.30. The van der Waals surface area contributed by atoms with Gasteiger partial charge in [0.25, 0.3) is 0 Å². The standard InChI is InChI=1S/C12H21N3O/c1-12(2,3)11-14-10(15-16-11)8-6-5-7-9(8)13-4/h8-9,13H,5-7H2,1-4H3/t8-,9-/m0/s1. The average molecular weight is 223 g/mol. The van der Waals surface area contributed by atoms with Crippen LogP contribution in [-0.2, 0) is 5.41 Å². The molecule has 0 aromatic carbocycles. The van der Waals surface area contributed by atoms with Crippen molar-refractivity contribution in [3.8, 4) is 0 Å². The van der Waals surface area contributed by atoms with Crippen molar-refractivity contribution in [2.24, 2.45) is 0 Å². The number of rotatable bonds is 2. The van der Waals surface area contributed by atoms with E-state index in [0.717, 1.165) is 18.1 Å². The summed E-state index contributed by atoms with van der Waals surface area (Å²) in [5.74, 6) is 2.04. The maximum Gasteiger partial charge on any atom is 0.232 e. The van der Waals surface area contributed by atoms with Crippen molar-refractivity contribution < 1.29 is 4.52 Å². The molecule has 1 aliphatic carbocycles. The van der Waals surface area contributed by atoms with Crippen LogP contribution in [0.1, 0.15) is 57.7 Å². The third kappa shape index (κ3) is 2.12. The molecule has 0 aliphatic heterocycles. The predicted molar refractivity (Wildman–Crippen MR) is 62.4 cm³/mol. The maximum absolute atomic E-state index is 5.35. The van der Waals surface area contributed by atoms with Gasteiger partial charge in [-0.3, -0.25) is 0 Å². The number of nitrogens with zero attached hydrogens (tertiary/aromatic N) is 2. The molecule has 0 bridgehead atoms. The zero-order chi connectivity index (χ0) is 11.8. The van der Waals surface area contributed by atoms with Crippen LogP contribution in [0.25, 0.3) is 0 Å². The van der Waals surface area contributed by atoms with Gasteiger partial charge in [-0.1, -0.05) is 32.3 Å². The summed E-state index contributed by atoms with van der Waals surface area (Å²) in [5, 5.41) is 7.48. The first-order valence-electron chi connectivity index (χ1n) is 6.03. The summed E-state index contributed by atoms with van der Waals surface area (Å²) < 4.78 is 5.35. The van der Waals surface area contributed by atoms with Gasteiger partial charge < -0.3 is 9.84 Å². The van der Waals surface area contributed by atoms with Crippen LogP contribution in [0.3, 0.4) is 0 Å². The molecule has 1 aromatic rings. The smallest absolute Gasteiger partial charge is 0.232 e. The Morgan fingerprint density at radius 1 is 1.31 bits per heavy atom. The molecule has 90 valence electrons. The summed E-state index contributed by atoms with van der Waals surface area (Å²) in [5.41, 5.74) is -0.0566. The second kappa shape index (κ2) is 4.17. The van der Waals surface area contributed by atoms with Gasteiger partial charge in [-0.05, 0) is 19.9 Å². The molecule has 2 atom stereocenters. The molecule has 1 saturated carbocycles. The normalized spacial score (nSPS) is 26.2. The Kier molecular flexibility index (Phi) is 3.02.